The number of nitrogens with zero attached hydrogens (tertiary/aromatic N) is 1. The van der Waals surface area contributed by atoms with Crippen LogP contribution in [-0.4, -0.2) is 12.6 Å². The lowest BCUT2D eigenvalue weighted by molar-refractivity contribution is 0.133. The maximum Gasteiger partial charge on any atom is 0.193 e. The van der Waals surface area contributed by atoms with Crippen LogP contribution >= 0.6 is 0 Å². The molecule has 2 rings (SSSR count). The van der Waals surface area contributed by atoms with Gasteiger partial charge in [-0.15, -0.1) is 0 Å². The van der Waals surface area contributed by atoms with Gasteiger partial charge >= 0.3 is 0 Å². The fraction of sp³-hybridized carbons (Fsp3) is 0.235. The first-order valence-electron chi connectivity index (χ1n) is 7.06. The molecule has 0 heterocycles. The summed E-state index contributed by atoms with van der Waals surface area (Å²) in [6, 6.07) is 17.9. The number of anilines is 1. The van der Waals surface area contributed by atoms with E-state index in [0.717, 1.165) is 16.8 Å². The summed E-state index contributed by atoms with van der Waals surface area (Å²) in [5.74, 6) is 0.410. The number of hydrogen-bond donors (Lipinski definition) is 2. The Kier molecular flexibility index (Phi) is 5.79. The van der Waals surface area contributed by atoms with Crippen LogP contribution in [0.5, 0.6) is 0 Å². The van der Waals surface area contributed by atoms with Gasteiger partial charge in [-0.1, -0.05) is 42.5 Å². The van der Waals surface area contributed by atoms with Crippen molar-refractivity contribution in [3.63, 3.8) is 0 Å². The van der Waals surface area contributed by atoms with Gasteiger partial charge in [0.15, 0.2) is 5.96 Å². The highest BCUT2D eigenvalue weighted by Gasteiger charge is 2.01. The predicted molar refractivity (Wildman–Crippen MR) is 87.2 cm³/mol. The van der Waals surface area contributed by atoms with Crippen LogP contribution in [0, 0.1) is 0 Å². The van der Waals surface area contributed by atoms with Crippen molar-refractivity contribution in [1.82, 2.24) is 0 Å². The molecule has 2 aromatic rings. The lowest BCUT2D eigenvalue weighted by Crippen LogP contribution is -2.22. The molecule has 0 atom stereocenters. The highest BCUT2D eigenvalue weighted by molar-refractivity contribution is 5.92. The van der Waals surface area contributed by atoms with Crippen molar-refractivity contribution in [2.24, 2.45) is 10.7 Å². The second-order valence-electron chi connectivity index (χ2n) is 4.60. The number of aliphatic imine (C=N–C) groups is 1. The summed E-state index contributed by atoms with van der Waals surface area (Å²) in [4.78, 5) is 4.39. The van der Waals surface area contributed by atoms with E-state index < -0.39 is 0 Å². The molecular weight excluding hydrogens is 262 g/mol. The number of benzene rings is 2. The zero-order valence-electron chi connectivity index (χ0n) is 12.3. The molecule has 0 aliphatic heterocycles. The summed E-state index contributed by atoms with van der Waals surface area (Å²) in [5, 5.41) is 3.07. The topological polar surface area (TPSA) is 59.6 Å². The van der Waals surface area contributed by atoms with E-state index in [9.17, 15) is 0 Å². The van der Waals surface area contributed by atoms with Gasteiger partial charge in [0.25, 0.3) is 0 Å². The van der Waals surface area contributed by atoms with Crippen LogP contribution in [0.3, 0.4) is 0 Å². The van der Waals surface area contributed by atoms with Crippen LogP contribution in [0.4, 0.5) is 5.69 Å². The molecule has 2 aromatic carbocycles. The molecule has 4 nitrogen and oxygen atoms in total. The van der Waals surface area contributed by atoms with Gasteiger partial charge in [0.05, 0.1) is 13.2 Å². The van der Waals surface area contributed by atoms with Crippen molar-refractivity contribution in [2.75, 3.05) is 11.9 Å². The number of guanidine groups is 1. The number of ether oxygens (including phenoxy) is 1. The minimum absolute atomic E-state index is 0.410. The van der Waals surface area contributed by atoms with Gasteiger partial charge in [-0.3, -0.25) is 0 Å². The number of nitrogens with two attached hydrogens (primary N) is 1. The Balaban J connectivity index is 1.99. The molecule has 0 aliphatic rings. The Labute approximate surface area is 125 Å². The SMILES string of the molecule is CCOCc1ccccc1CN=C(N)Nc1ccccc1. The maximum atomic E-state index is 5.91. The third-order valence-corrected chi connectivity index (χ3v) is 3.05. The average molecular weight is 283 g/mol. The largest absolute Gasteiger partial charge is 0.377 e. The minimum atomic E-state index is 0.410. The monoisotopic (exact) mass is 283 g/mol. The highest BCUT2D eigenvalue weighted by atomic mass is 16.5. The van der Waals surface area contributed by atoms with Crippen molar-refractivity contribution < 1.29 is 4.74 Å². The third kappa shape index (κ3) is 4.93. The van der Waals surface area contributed by atoms with Crippen molar-refractivity contribution in [3.05, 3.63) is 65.7 Å². The molecule has 0 amide bonds. The quantitative estimate of drug-likeness (QED) is 0.632. The molecule has 0 spiro atoms. The van der Waals surface area contributed by atoms with Crippen LogP contribution in [0.1, 0.15) is 18.1 Å². The normalized spacial score (nSPS) is 11.4. The van der Waals surface area contributed by atoms with E-state index in [1.807, 2.05) is 55.5 Å². The molecule has 0 saturated carbocycles. The second kappa shape index (κ2) is 8.07. The molecule has 3 N–H and O–H groups in total. The Morgan fingerprint density at radius 3 is 2.43 bits per heavy atom. The molecular formula is C17H21N3O. The van der Waals surface area contributed by atoms with Gasteiger partial charge < -0.3 is 15.8 Å². The van der Waals surface area contributed by atoms with Gasteiger partial charge in [-0.05, 0) is 30.2 Å². The van der Waals surface area contributed by atoms with Crippen LogP contribution in [0.15, 0.2) is 59.6 Å². The summed E-state index contributed by atoms with van der Waals surface area (Å²) in [5.41, 5.74) is 9.12. The van der Waals surface area contributed by atoms with Crippen molar-refractivity contribution in [2.45, 2.75) is 20.1 Å². The van der Waals surface area contributed by atoms with Gasteiger partial charge in [-0.25, -0.2) is 4.99 Å². The Hall–Kier alpha value is -2.33. The van der Waals surface area contributed by atoms with Crippen molar-refractivity contribution in [1.29, 1.82) is 0 Å². The molecule has 0 unspecified atom stereocenters. The number of rotatable bonds is 6. The fourth-order valence-electron chi connectivity index (χ4n) is 1.94. The Bertz CT molecular complexity index is 582. The van der Waals surface area contributed by atoms with Gasteiger partial charge in [0.1, 0.15) is 0 Å². The van der Waals surface area contributed by atoms with Crippen LogP contribution in [0.2, 0.25) is 0 Å². The molecule has 0 radical (unpaired) electrons. The second-order valence-corrected chi connectivity index (χ2v) is 4.60. The number of para-hydroxylation sites is 1. The third-order valence-electron chi connectivity index (χ3n) is 3.05. The van der Waals surface area contributed by atoms with E-state index in [-0.39, 0.29) is 0 Å². The fourth-order valence-corrected chi connectivity index (χ4v) is 1.94. The van der Waals surface area contributed by atoms with Crippen LogP contribution < -0.4 is 11.1 Å². The minimum Gasteiger partial charge on any atom is -0.377 e. The first-order chi connectivity index (χ1) is 10.3. The van der Waals surface area contributed by atoms with E-state index in [0.29, 0.717) is 25.7 Å². The molecule has 110 valence electrons. The summed E-state index contributed by atoms with van der Waals surface area (Å²) < 4.78 is 5.47. The van der Waals surface area contributed by atoms with E-state index in [1.165, 1.54) is 0 Å². The number of hydrogen-bond acceptors (Lipinski definition) is 2. The molecule has 21 heavy (non-hydrogen) atoms. The van der Waals surface area contributed by atoms with Crippen molar-refractivity contribution >= 4 is 11.6 Å². The first kappa shape index (κ1) is 15.1. The maximum absolute atomic E-state index is 5.91. The zero-order valence-corrected chi connectivity index (χ0v) is 12.3. The van der Waals surface area contributed by atoms with Crippen molar-refractivity contribution in [3.8, 4) is 0 Å². The zero-order chi connectivity index (χ0) is 14.9. The molecule has 0 saturated heterocycles. The number of nitrogens with one attached hydrogen (secondary N) is 1. The first-order valence-corrected chi connectivity index (χ1v) is 7.06. The summed E-state index contributed by atoms with van der Waals surface area (Å²) >= 11 is 0. The van der Waals surface area contributed by atoms with E-state index >= 15 is 0 Å². The summed E-state index contributed by atoms with van der Waals surface area (Å²) in [6.45, 7) is 3.83. The van der Waals surface area contributed by atoms with Gasteiger partial charge in [0, 0.05) is 12.3 Å². The van der Waals surface area contributed by atoms with Crippen LogP contribution in [0.25, 0.3) is 0 Å². The summed E-state index contributed by atoms with van der Waals surface area (Å²) in [7, 11) is 0. The smallest absolute Gasteiger partial charge is 0.193 e. The molecule has 0 bridgehead atoms. The molecule has 0 aromatic heterocycles. The standard InChI is InChI=1S/C17H21N3O/c1-2-21-13-15-9-7-6-8-14(15)12-19-17(18)20-16-10-4-3-5-11-16/h3-11H,2,12-13H2,1H3,(H3,18,19,20). The predicted octanol–water partition coefficient (Wildman–Crippen LogP) is 3.15. The van der Waals surface area contributed by atoms with E-state index in [1.54, 1.807) is 0 Å². The molecule has 0 fully saturated rings. The summed E-state index contributed by atoms with van der Waals surface area (Å²) in [6.07, 6.45) is 0. The van der Waals surface area contributed by atoms with Gasteiger partial charge in [-0.2, -0.15) is 0 Å². The molecule has 0 aliphatic carbocycles. The lowest BCUT2D eigenvalue weighted by atomic mass is 10.1. The van der Waals surface area contributed by atoms with E-state index in [2.05, 4.69) is 16.4 Å². The Morgan fingerprint density at radius 2 is 1.71 bits per heavy atom. The Morgan fingerprint density at radius 1 is 1.05 bits per heavy atom. The van der Waals surface area contributed by atoms with Gasteiger partial charge in [0.2, 0.25) is 0 Å². The van der Waals surface area contributed by atoms with Crippen LogP contribution in [-0.2, 0) is 17.9 Å². The highest BCUT2D eigenvalue weighted by Crippen LogP contribution is 2.12. The van der Waals surface area contributed by atoms with E-state index in [4.69, 9.17) is 10.5 Å². The molecule has 4 heteroatoms. The lowest BCUT2D eigenvalue weighted by Gasteiger charge is -2.09. The average Bonchev–Trinajstić information content (AvgIpc) is 2.52.